The molecule has 6 heteroatoms. The Kier molecular flexibility index (Phi) is 5.33. The molecule has 2 aromatic heterocycles. The maximum Gasteiger partial charge on any atom is 0.315 e. The number of amides is 2. The lowest BCUT2D eigenvalue weighted by molar-refractivity contribution is 0.231. The first-order valence-electron chi connectivity index (χ1n) is 8.27. The highest BCUT2D eigenvalue weighted by atomic mass is 32.1. The molecule has 2 N–H and O–H groups in total. The summed E-state index contributed by atoms with van der Waals surface area (Å²) in [5.41, 5.74) is 1.14. The molecule has 23 heavy (non-hydrogen) atoms. The zero-order chi connectivity index (χ0) is 16.1. The number of nitrogens with zero attached hydrogens (tertiary/aromatic N) is 2. The highest BCUT2D eigenvalue weighted by Crippen LogP contribution is 2.37. The van der Waals surface area contributed by atoms with Gasteiger partial charge in [-0.2, -0.15) is 5.10 Å². The van der Waals surface area contributed by atoms with Gasteiger partial charge in [-0.3, -0.25) is 4.68 Å². The van der Waals surface area contributed by atoms with Crippen LogP contribution >= 0.6 is 11.3 Å². The van der Waals surface area contributed by atoms with E-state index in [9.17, 15) is 4.79 Å². The van der Waals surface area contributed by atoms with Gasteiger partial charge < -0.3 is 10.6 Å². The van der Waals surface area contributed by atoms with E-state index in [0.29, 0.717) is 12.5 Å². The molecule has 0 radical (unpaired) electrons. The second-order valence-corrected chi connectivity index (χ2v) is 7.19. The van der Waals surface area contributed by atoms with Crippen molar-refractivity contribution in [3.8, 4) is 0 Å². The molecule has 0 unspecified atom stereocenters. The lowest BCUT2D eigenvalue weighted by atomic mass is 9.97. The Morgan fingerprint density at radius 3 is 2.96 bits per heavy atom. The minimum absolute atomic E-state index is 0.0702. The smallest absolute Gasteiger partial charge is 0.315 e. The highest BCUT2D eigenvalue weighted by Gasteiger charge is 2.28. The van der Waals surface area contributed by atoms with Gasteiger partial charge in [0.2, 0.25) is 0 Å². The summed E-state index contributed by atoms with van der Waals surface area (Å²) in [4.78, 5) is 13.5. The van der Waals surface area contributed by atoms with Crippen LogP contribution in [0.4, 0.5) is 4.79 Å². The third kappa shape index (κ3) is 4.34. The van der Waals surface area contributed by atoms with Crippen LogP contribution in [-0.2, 0) is 13.5 Å². The zero-order valence-electron chi connectivity index (χ0n) is 13.5. The molecule has 1 aliphatic carbocycles. The molecule has 1 saturated carbocycles. The van der Waals surface area contributed by atoms with Crippen LogP contribution in [0, 0.1) is 5.92 Å². The van der Waals surface area contributed by atoms with E-state index >= 15 is 0 Å². The van der Waals surface area contributed by atoms with Crippen molar-refractivity contribution in [2.24, 2.45) is 13.0 Å². The number of thiophene rings is 1. The molecule has 0 aliphatic heterocycles. The SMILES string of the molecule is Cn1cc(CCNC(=O)N[C@@H](c2cccs2)C2CCCC2)cn1. The zero-order valence-corrected chi connectivity index (χ0v) is 14.3. The van der Waals surface area contributed by atoms with Crippen LogP contribution in [0.25, 0.3) is 0 Å². The minimum atomic E-state index is -0.0702. The summed E-state index contributed by atoms with van der Waals surface area (Å²) < 4.78 is 1.78. The Bertz CT molecular complexity index is 616. The molecule has 0 spiro atoms. The summed E-state index contributed by atoms with van der Waals surface area (Å²) in [6.07, 6.45) is 9.58. The van der Waals surface area contributed by atoms with Crippen molar-refractivity contribution in [3.05, 3.63) is 40.3 Å². The third-order valence-electron chi connectivity index (χ3n) is 4.47. The van der Waals surface area contributed by atoms with Crippen LogP contribution in [-0.4, -0.2) is 22.4 Å². The molecular weight excluding hydrogens is 308 g/mol. The summed E-state index contributed by atoms with van der Waals surface area (Å²) in [5, 5.41) is 12.4. The number of hydrogen-bond donors (Lipinski definition) is 2. The normalized spacial score (nSPS) is 16.4. The second kappa shape index (κ2) is 7.64. The number of aromatic nitrogens is 2. The van der Waals surface area contributed by atoms with Gasteiger partial charge in [0.1, 0.15) is 0 Å². The first kappa shape index (κ1) is 16.1. The lowest BCUT2D eigenvalue weighted by Gasteiger charge is -2.24. The molecular formula is C17H24N4OS. The second-order valence-electron chi connectivity index (χ2n) is 6.21. The van der Waals surface area contributed by atoms with Gasteiger partial charge in [0, 0.05) is 24.7 Å². The van der Waals surface area contributed by atoms with E-state index in [4.69, 9.17) is 0 Å². The summed E-state index contributed by atoms with van der Waals surface area (Å²) in [7, 11) is 1.90. The largest absolute Gasteiger partial charge is 0.338 e. The predicted octanol–water partition coefficient (Wildman–Crippen LogP) is 3.25. The van der Waals surface area contributed by atoms with Crippen LogP contribution in [0.5, 0.6) is 0 Å². The van der Waals surface area contributed by atoms with Crippen LogP contribution in [0.15, 0.2) is 29.9 Å². The van der Waals surface area contributed by atoms with Gasteiger partial charge in [0.25, 0.3) is 0 Å². The predicted molar refractivity (Wildman–Crippen MR) is 92.5 cm³/mol. The van der Waals surface area contributed by atoms with Crippen molar-refractivity contribution < 1.29 is 4.79 Å². The first-order chi connectivity index (χ1) is 11.2. The van der Waals surface area contributed by atoms with E-state index in [0.717, 1.165) is 12.0 Å². The molecule has 2 aromatic rings. The number of carbonyl (C=O) groups excluding carboxylic acids is 1. The maximum atomic E-state index is 12.3. The maximum absolute atomic E-state index is 12.3. The molecule has 3 rings (SSSR count). The molecule has 0 aromatic carbocycles. The van der Waals surface area contributed by atoms with Gasteiger partial charge >= 0.3 is 6.03 Å². The van der Waals surface area contributed by atoms with Gasteiger partial charge in [-0.15, -0.1) is 11.3 Å². The minimum Gasteiger partial charge on any atom is -0.338 e. The van der Waals surface area contributed by atoms with Crippen molar-refractivity contribution in [1.29, 1.82) is 0 Å². The fraction of sp³-hybridized carbons (Fsp3) is 0.529. The Labute approximate surface area is 141 Å². The van der Waals surface area contributed by atoms with Crippen molar-refractivity contribution >= 4 is 17.4 Å². The highest BCUT2D eigenvalue weighted by molar-refractivity contribution is 7.10. The number of rotatable bonds is 6. The van der Waals surface area contributed by atoms with E-state index in [1.807, 2.05) is 19.4 Å². The number of hydrogen-bond acceptors (Lipinski definition) is 3. The monoisotopic (exact) mass is 332 g/mol. The number of urea groups is 1. The van der Waals surface area contributed by atoms with Gasteiger partial charge in [-0.1, -0.05) is 18.9 Å². The van der Waals surface area contributed by atoms with Crippen molar-refractivity contribution in [2.75, 3.05) is 6.54 Å². The Balaban J connectivity index is 1.51. The van der Waals surface area contributed by atoms with Crippen molar-refractivity contribution in [1.82, 2.24) is 20.4 Å². The lowest BCUT2D eigenvalue weighted by Crippen LogP contribution is -2.40. The van der Waals surface area contributed by atoms with E-state index in [-0.39, 0.29) is 12.1 Å². The average molecular weight is 332 g/mol. The quantitative estimate of drug-likeness (QED) is 0.853. The van der Waals surface area contributed by atoms with Crippen LogP contribution in [0.1, 0.15) is 42.2 Å². The van der Waals surface area contributed by atoms with Gasteiger partial charge in [0.15, 0.2) is 0 Å². The van der Waals surface area contributed by atoms with Gasteiger partial charge in [-0.05, 0) is 42.2 Å². The van der Waals surface area contributed by atoms with E-state index in [1.165, 1.54) is 30.6 Å². The Hall–Kier alpha value is -1.82. The Morgan fingerprint density at radius 1 is 1.48 bits per heavy atom. The molecule has 1 aliphatic rings. The van der Waals surface area contributed by atoms with Crippen molar-refractivity contribution in [2.45, 2.75) is 38.1 Å². The topological polar surface area (TPSA) is 59.0 Å². The number of carbonyl (C=O) groups is 1. The van der Waals surface area contributed by atoms with Crippen molar-refractivity contribution in [3.63, 3.8) is 0 Å². The summed E-state index contributed by atoms with van der Waals surface area (Å²) in [6, 6.07) is 4.27. The molecule has 124 valence electrons. The number of nitrogens with one attached hydrogen (secondary N) is 2. The third-order valence-corrected chi connectivity index (χ3v) is 5.42. The summed E-state index contributed by atoms with van der Waals surface area (Å²) in [5.74, 6) is 0.567. The molecule has 1 atom stereocenters. The van der Waals surface area contributed by atoms with Crippen LogP contribution < -0.4 is 10.6 Å². The van der Waals surface area contributed by atoms with E-state index in [1.54, 1.807) is 16.0 Å². The Morgan fingerprint density at radius 2 is 2.30 bits per heavy atom. The molecule has 0 saturated heterocycles. The molecule has 5 nitrogen and oxygen atoms in total. The fourth-order valence-corrected chi connectivity index (χ4v) is 4.16. The van der Waals surface area contributed by atoms with Gasteiger partial charge in [0.05, 0.1) is 12.2 Å². The molecule has 1 fully saturated rings. The average Bonchev–Trinajstić information content (AvgIpc) is 3.28. The fourth-order valence-electron chi connectivity index (χ4n) is 3.29. The molecule has 2 amide bonds. The summed E-state index contributed by atoms with van der Waals surface area (Å²) in [6.45, 7) is 0.624. The van der Waals surface area contributed by atoms with Crippen LogP contribution in [0.2, 0.25) is 0 Å². The molecule has 2 heterocycles. The van der Waals surface area contributed by atoms with Crippen LogP contribution in [0.3, 0.4) is 0 Å². The van der Waals surface area contributed by atoms with Gasteiger partial charge in [-0.25, -0.2) is 4.79 Å². The van der Waals surface area contributed by atoms with E-state index < -0.39 is 0 Å². The van der Waals surface area contributed by atoms with E-state index in [2.05, 4.69) is 33.2 Å². The summed E-state index contributed by atoms with van der Waals surface area (Å²) >= 11 is 1.73. The number of aryl methyl sites for hydroxylation is 1. The molecule has 0 bridgehead atoms. The first-order valence-corrected chi connectivity index (χ1v) is 9.15. The standard InChI is InChI=1S/C17H24N4OS/c1-21-12-13(11-19-21)8-9-18-17(22)20-16(14-5-2-3-6-14)15-7-4-10-23-15/h4,7,10-12,14,16H,2-3,5-6,8-9H2,1H3,(H2,18,20,22)/t16-/m1/s1.